The molecule has 0 spiro atoms. The maximum atomic E-state index is 13.8. The summed E-state index contributed by atoms with van der Waals surface area (Å²) < 4.78 is 0. The largest absolute Gasteiger partial charge is 0.392 e. The number of β-amino-alcohol motifs (C(OH)–C–C–N with tert-alkyl or cyclic N) is 1. The molecule has 4 rings (SSSR count). The molecular formula is C25H30Cl2N2O2. The van der Waals surface area contributed by atoms with Crippen molar-refractivity contribution >= 4 is 29.1 Å². The number of hydrogen-bond donors (Lipinski definition) is 1. The fourth-order valence-corrected chi connectivity index (χ4v) is 5.44. The Morgan fingerprint density at radius 3 is 2.65 bits per heavy atom. The average Bonchev–Trinajstić information content (AvgIpc) is 3.07. The van der Waals surface area contributed by atoms with Crippen LogP contribution < -0.4 is 0 Å². The molecule has 2 aromatic carbocycles. The lowest BCUT2D eigenvalue weighted by molar-refractivity contribution is -0.134. The second-order valence-corrected chi connectivity index (χ2v) is 9.59. The predicted octanol–water partition coefficient (Wildman–Crippen LogP) is 5.07. The molecule has 6 heteroatoms. The standard InChI is InChI=1S/C25H30Cl2N2O2/c1-28(23(17-7-3-2-4-8-17)16-29-14-13-18(30)15-29)25(31)21-10-6-5-9-20-19(21)11-12-22(26)24(20)27/h2-4,7-8,11-12,18,21,23,30H,5-6,9-10,13-16H2,1H3/t18-,21?,23+/m0/s1. The molecule has 0 aromatic heterocycles. The van der Waals surface area contributed by atoms with Gasteiger partial charge in [0.1, 0.15) is 0 Å². The normalized spacial score (nSPS) is 22.6. The van der Waals surface area contributed by atoms with Crippen LogP contribution in [0.15, 0.2) is 42.5 Å². The molecule has 1 saturated heterocycles. The smallest absolute Gasteiger partial charge is 0.230 e. The molecule has 1 aliphatic heterocycles. The summed E-state index contributed by atoms with van der Waals surface area (Å²) >= 11 is 12.8. The Kier molecular flexibility index (Phi) is 7.22. The van der Waals surface area contributed by atoms with E-state index in [4.69, 9.17) is 23.2 Å². The summed E-state index contributed by atoms with van der Waals surface area (Å²) in [6.45, 7) is 2.23. The van der Waals surface area contributed by atoms with Crippen LogP contribution in [0.25, 0.3) is 0 Å². The number of rotatable bonds is 5. The van der Waals surface area contributed by atoms with Gasteiger partial charge in [0.2, 0.25) is 5.91 Å². The van der Waals surface area contributed by atoms with E-state index in [1.165, 1.54) is 0 Å². The minimum atomic E-state index is -0.280. The number of hydrogen-bond acceptors (Lipinski definition) is 3. The summed E-state index contributed by atoms with van der Waals surface area (Å²) in [7, 11) is 1.91. The lowest BCUT2D eigenvalue weighted by Gasteiger charge is -2.34. The highest BCUT2D eigenvalue weighted by atomic mass is 35.5. The molecule has 1 heterocycles. The van der Waals surface area contributed by atoms with Gasteiger partial charge in [0.15, 0.2) is 0 Å². The zero-order valence-electron chi connectivity index (χ0n) is 17.9. The van der Waals surface area contributed by atoms with E-state index in [1.54, 1.807) is 0 Å². The molecular weight excluding hydrogens is 431 g/mol. The molecule has 4 nitrogen and oxygen atoms in total. The van der Waals surface area contributed by atoms with Gasteiger partial charge in [-0.15, -0.1) is 0 Å². The van der Waals surface area contributed by atoms with Crippen molar-refractivity contribution in [3.8, 4) is 0 Å². The lowest BCUT2D eigenvalue weighted by atomic mass is 9.90. The zero-order chi connectivity index (χ0) is 22.0. The molecule has 0 saturated carbocycles. The number of benzene rings is 2. The van der Waals surface area contributed by atoms with Crippen LogP contribution in [0.2, 0.25) is 10.0 Å². The molecule has 2 aliphatic rings. The van der Waals surface area contributed by atoms with Crippen molar-refractivity contribution in [3.63, 3.8) is 0 Å². The second kappa shape index (κ2) is 9.91. The monoisotopic (exact) mass is 460 g/mol. The molecule has 0 radical (unpaired) electrons. The van der Waals surface area contributed by atoms with Crippen molar-refractivity contribution in [2.75, 3.05) is 26.7 Å². The molecule has 3 atom stereocenters. The highest BCUT2D eigenvalue weighted by molar-refractivity contribution is 6.42. The Balaban J connectivity index is 1.63. The van der Waals surface area contributed by atoms with E-state index in [9.17, 15) is 9.90 Å². The van der Waals surface area contributed by atoms with Crippen LogP contribution in [-0.2, 0) is 11.2 Å². The number of fused-ring (bicyclic) bond motifs is 1. The molecule has 31 heavy (non-hydrogen) atoms. The van der Waals surface area contributed by atoms with Crippen LogP contribution in [0.4, 0.5) is 0 Å². The third kappa shape index (κ3) is 4.93. The molecule has 1 amide bonds. The van der Waals surface area contributed by atoms with Crippen molar-refractivity contribution in [1.29, 1.82) is 0 Å². The third-order valence-electron chi connectivity index (χ3n) is 6.75. The van der Waals surface area contributed by atoms with Gasteiger partial charge in [-0.1, -0.05) is 66.0 Å². The van der Waals surface area contributed by atoms with E-state index < -0.39 is 0 Å². The van der Waals surface area contributed by atoms with Gasteiger partial charge >= 0.3 is 0 Å². The van der Waals surface area contributed by atoms with E-state index in [0.29, 0.717) is 23.1 Å². The first-order valence-electron chi connectivity index (χ1n) is 11.1. The summed E-state index contributed by atoms with van der Waals surface area (Å²) in [5.41, 5.74) is 3.16. The number of carbonyl (C=O) groups is 1. The first kappa shape index (κ1) is 22.6. The Labute approximate surface area is 194 Å². The molecule has 1 N–H and O–H groups in total. The highest BCUT2D eigenvalue weighted by Crippen LogP contribution is 2.39. The first-order valence-corrected chi connectivity index (χ1v) is 11.9. The molecule has 2 aromatic rings. The van der Waals surface area contributed by atoms with E-state index in [1.807, 2.05) is 42.3 Å². The van der Waals surface area contributed by atoms with Crippen LogP contribution in [0.3, 0.4) is 0 Å². The van der Waals surface area contributed by atoms with Gasteiger partial charge in [-0.05, 0) is 48.4 Å². The van der Waals surface area contributed by atoms with Crippen LogP contribution in [-0.4, -0.2) is 53.6 Å². The van der Waals surface area contributed by atoms with Crippen molar-refractivity contribution in [2.24, 2.45) is 0 Å². The first-order chi connectivity index (χ1) is 15.0. The molecule has 1 unspecified atom stereocenters. The number of aliphatic hydroxyl groups is 1. The van der Waals surface area contributed by atoms with Crippen molar-refractivity contribution in [2.45, 2.75) is 50.2 Å². The van der Waals surface area contributed by atoms with Gasteiger partial charge in [-0.25, -0.2) is 0 Å². The maximum absolute atomic E-state index is 13.8. The Morgan fingerprint density at radius 2 is 1.94 bits per heavy atom. The van der Waals surface area contributed by atoms with Gasteiger partial charge in [0.05, 0.1) is 28.1 Å². The SMILES string of the molecule is CN(C(=O)C1CCCCc2c1ccc(Cl)c2Cl)[C@H](CN1CC[C@H](O)C1)c1ccccc1. The fraction of sp³-hybridized carbons (Fsp3) is 0.480. The van der Waals surface area contributed by atoms with Crippen molar-refractivity contribution < 1.29 is 9.90 Å². The van der Waals surface area contributed by atoms with Crippen molar-refractivity contribution in [1.82, 2.24) is 9.80 Å². The summed E-state index contributed by atoms with van der Waals surface area (Å²) in [6, 6.07) is 13.9. The zero-order valence-corrected chi connectivity index (χ0v) is 19.4. The number of amides is 1. The highest BCUT2D eigenvalue weighted by Gasteiger charge is 2.34. The van der Waals surface area contributed by atoms with Crippen LogP contribution in [0.1, 0.15) is 54.3 Å². The molecule has 1 fully saturated rings. The summed E-state index contributed by atoms with van der Waals surface area (Å²) in [5.74, 6) is -0.0946. The van der Waals surface area contributed by atoms with E-state index >= 15 is 0 Å². The molecule has 0 bridgehead atoms. The number of halogens is 2. The van der Waals surface area contributed by atoms with Gasteiger partial charge in [0, 0.05) is 26.7 Å². The predicted molar refractivity (Wildman–Crippen MR) is 126 cm³/mol. The second-order valence-electron chi connectivity index (χ2n) is 8.81. The van der Waals surface area contributed by atoms with Crippen LogP contribution in [0.5, 0.6) is 0 Å². The minimum absolute atomic E-state index is 0.0755. The Bertz CT molecular complexity index is 921. The van der Waals surface area contributed by atoms with Gasteiger partial charge in [-0.3, -0.25) is 9.69 Å². The van der Waals surface area contributed by atoms with Crippen LogP contribution >= 0.6 is 23.2 Å². The Morgan fingerprint density at radius 1 is 1.16 bits per heavy atom. The number of likely N-dealkylation sites (N-methyl/N-ethyl adjacent to an activating group) is 1. The average molecular weight is 461 g/mol. The van der Waals surface area contributed by atoms with Gasteiger partial charge in [0.25, 0.3) is 0 Å². The van der Waals surface area contributed by atoms with E-state index in [0.717, 1.165) is 55.3 Å². The Hall–Kier alpha value is -1.59. The van der Waals surface area contributed by atoms with Crippen LogP contribution in [0, 0.1) is 0 Å². The van der Waals surface area contributed by atoms with Crippen molar-refractivity contribution in [3.05, 3.63) is 69.2 Å². The third-order valence-corrected chi connectivity index (χ3v) is 7.60. The maximum Gasteiger partial charge on any atom is 0.230 e. The van der Waals surface area contributed by atoms with E-state index in [2.05, 4.69) is 17.0 Å². The van der Waals surface area contributed by atoms with Gasteiger partial charge in [-0.2, -0.15) is 0 Å². The van der Waals surface area contributed by atoms with Gasteiger partial charge < -0.3 is 10.0 Å². The quantitative estimate of drug-likeness (QED) is 0.633. The number of carbonyl (C=O) groups excluding carboxylic acids is 1. The molecule has 1 aliphatic carbocycles. The number of likely N-dealkylation sites (tertiary alicyclic amines) is 1. The fourth-order valence-electron chi connectivity index (χ4n) is 5.00. The summed E-state index contributed by atoms with van der Waals surface area (Å²) in [5, 5.41) is 11.1. The minimum Gasteiger partial charge on any atom is -0.392 e. The summed E-state index contributed by atoms with van der Waals surface area (Å²) in [6.07, 6.45) is 4.18. The van der Waals surface area contributed by atoms with E-state index in [-0.39, 0.29) is 24.0 Å². The number of nitrogens with zero attached hydrogens (tertiary/aromatic N) is 2. The number of aliphatic hydroxyl groups excluding tert-OH is 1. The summed E-state index contributed by atoms with van der Waals surface area (Å²) in [4.78, 5) is 18.0. The molecule has 166 valence electrons. The lowest BCUT2D eigenvalue weighted by Crippen LogP contribution is -2.41. The topological polar surface area (TPSA) is 43.8 Å².